The highest BCUT2D eigenvalue weighted by molar-refractivity contribution is 5.96. The molecule has 2 aromatic heterocycles. The highest BCUT2D eigenvalue weighted by Crippen LogP contribution is 2.36. The van der Waals surface area contributed by atoms with E-state index in [-0.39, 0.29) is 6.04 Å². The molecule has 2 heterocycles. The van der Waals surface area contributed by atoms with Gasteiger partial charge in [-0.15, -0.1) is 0 Å². The number of carbonyl (C=O) groups is 1. The van der Waals surface area contributed by atoms with Gasteiger partial charge in [-0.05, 0) is 50.0 Å². The first-order valence-electron chi connectivity index (χ1n) is 11.4. The third kappa shape index (κ3) is 4.31. The van der Waals surface area contributed by atoms with E-state index in [2.05, 4.69) is 75.4 Å². The second-order valence-electron chi connectivity index (χ2n) is 8.66. The van der Waals surface area contributed by atoms with Crippen molar-refractivity contribution in [3.05, 3.63) is 107 Å². The van der Waals surface area contributed by atoms with Gasteiger partial charge < -0.3 is 4.57 Å². The number of hydrogen-bond donors (Lipinski definition) is 0. The van der Waals surface area contributed by atoms with Crippen molar-refractivity contribution < 1.29 is 4.79 Å². The van der Waals surface area contributed by atoms with Crippen molar-refractivity contribution in [3.8, 4) is 11.1 Å². The number of hydrogen-bond acceptors (Lipinski definition) is 2. The molecule has 0 radical (unpaired) electrons. The van der Waals surface area contributed by atoms with Gasteiger partial charge in [0.25, 0.3) is 0 Å². The van der Waals surface area contributed by atoms with Crippen molar-refractivity contribution in [1.82, 2.24) is 9.55 Å². The predicted octanol–water partition coefficient (Wildman–Crippen LogP) is 7.88. The van der Waals surface area contributed by atoms with Crippen LogP contribution in [-0.4, -0.2) is 15.8 Å². The average molecular weight is 435 g/mol. The average Bonchev–Trinajstić information content (AvgIpc) is 3.22. The molecule has 4 rings (SSSR count). The molecule has 0 aliphatic rings. The third-order valence-corrected chi connectivity index (χ3v) is 6.40. The van der Waals surface area contributed by atoms with Crippen LogP contribution in [0.25, 0.3) is 27.7 Å². The fourth-order valence-electron chi connectivity index (χ4n) is 4.46. The summed E-state index contributed by atoms with van der Waals surface area (Å²) in [5.41, 5.74) is 10.7. The van der Waals surface area contributed by atoms with Gasteiger partial charge in [0.15, 0.2) is 0 Å². The molecule has 2 aromatic carbocycles. The molecule has 0 amide bonds. The number of carbonyl (C=O) groups excluding carboxylic acids is 1. The normalized spacial score (nSPS) is 13.0. The lowest BCUT2D eigenvalue weighted by Gasteiger charge is -2.17. The SMILES string of the molecule is C=C(C)/C(=C(/C)CC)c1cnc2c(-c3ccc(C=O)cc3)cn(C(C)c3ccccc3)c2c1. The molecule has 4 aromatic rings. The van der Waals surface area contributed by atoms with Crippen LogP contribution >= 0.6 is 0 Å². The maximum absolute atomic E-state index is 11.1. The maximum atomic E-state index is 11.1. The molecular formula is C30H30N2O. The van der Waals surface area contributed by atoms with Crippen molar-refractivity contribution in [2.75, 3.05) is 0 Å². The van der Waals surface area contributed by atoms with Gasteiger partial charge in [0.05, 0.1) is 17.1 Å². The topological polar surface area (TPSA) is 34.9 Å². The fourth-order valence-corrected chi connectivity index (χ4v) is 4.46. The summed E-state index contributed by atoms with van der Waals surface area (Å²) in [4.78, 5) is 16.1. The van der Waals surface area contributed by atoms with Crippen LogP contribution in [0.1, 0.15) is 61.6 Å². The number of aromatic nitrogens is 2. The number of aldehydes is 1. The Morgan fingerprint density at radius 3 is 2.39 bits per heavy atom. The van der Waals surface area contributed by atoms with Crippen molar-refractivity contribution in [1.29, 1.82) is 0 Å². The van der Waals surface area contributed by atoms with Crippen LogP contribution in [0.2, 0.25) is 0 Å². The van der Waals surface area contributed by atoms with Crippen LogP contribution in [0.4, 0.5) is 0 Å². The summed E-state index contributed by atoms with van der Waals surface area (Å²) in [6.07, 6.45) is 5.99. The van der Waals surface area contributed by atoms with Gasteiger partial charge in [0, 0.05) is 29.1 Å². The molecule has 0 fully saturated rings. The number of allylic oxidation sites excluding steroid dienone is 3. The molecule has 3 nitrogen and oxygen atoms in total. The summed E-state index contributed by atoms with van der Waals surface area (Å²) in [6.45, 7) is 12.8. The van der Waals surface area contributed by atoms with E-state index >= 15 is 0 Å². The Hall–Kier alpha value is -3.72. The molecule has 33 heavy (non-hydrogen) atoms. The quantitative estimate of drug-likeness (QED) is 0.219. The molecular weight excluding hydrogens is 404 g/mol. The van der Waals surface area contributed by atoms with Gasteiger partial charge in [-0.1, -0.05) is 79.2 Å². The van der Waals surface area contributed by atoms with Gasteiger partial charge in [0.1, 0.15) is 6.29 Å². The van der Waals surface area contributed by atoms with Crippen LogP contribution in [0.15, 0.2) is 90.8 Å². The molecule has 0 N–H and O–H groups in total. The monoisotopic (exact) mass is 434 g/mol. The summed E-state index contributed by atoms with van der Waals surface area (Å²) in [7, 11) is 0. The van der Waals surface area contributed by atoms with E-state index in [0.29, 0.717) is 5.56 Å². The first-order chi connectivity index (χ1) is 15.9. The van der Waals surface area contributed by atoms with Crippen LogP contribution in [-0.2, 0) is 0 Å². The van der Waals surface area contributed by atoms with E-state index in [1.54, 1.807) is 0 Å². The second-order valence-corrected chi connectivity index (χ2v) is 8.66. The predicted molar refractivity (Wildman–Crippen MR) is 139 cm³/mol. The molecule has 0 bridgehead atoms. The largest absolute Gasteiger partial charge is 0.338 e. The molecule has 3 heteroatoms. The molecule has 1 atom stereocenters. The molecule has 166 valence electrons. The number of fused-ring (bicyclic) bond motifs is 1. The van der Waals surface area contributed by atoms with Gasteiger partial charge >= 0.3 is 0 Å². The number of nitrogens with zero attached hydrogens (tertiary/aromatic N) is 2. The van der Waals surface area contributed by atoms with Crippen molar-refractivity contribution in [2.45, 2.75) is 40.2 Å². The van der Waals surface area contributed by atoms with E-state index in [1.807, 2.05) is 36.5 Å². The highest BCUT2D eigenvalue weighted by atomic mass is 16.1. The van der Waals surface area contributed by atoms with Crippen LogP contribution in [0, 0.1) is 0 Å². The van der Waals surface area contributed by atoms with Crippen molar-refractivity contribution in [3.63, 3.8) is 0 Å². The molecule has 0 spiro atoms. The Morgan fingerprint density at radius 1 is 1.09 bits per heavy atom. The van der Waals surface area contributed by atoms with Crippen LogP contribution in [0.3, 0.4) is 0 Å². The zero-order chi connectivity index (χ0) is 23.5. The summed E-state index contributed by atoms with van der Waals surface area (Å²) in [5.74, 6) is 0. The van der Waals surface area contributed by atoms with E-state index in [0.717, 1.165) is 46.0 Å². The van der Waals surface area contributed by atoms with E-state index in [9.17, 15) is 4.79 Å². The summed E-state index contributed by atoms with van der Waals surface area (Å²) in [6, 6.07) is 20.6. The minimum Gasteiger partial charge on any atom is -0.338 e. The zero-order valence-electron chi connectivity index (χ0n) is 19.8. The molecule has 1 unspecified atom stereocenters. The first-order valence-corrected chi connectivity index (χ1v) is 11.4. The summed E-state index contributed by atoms with van der Waals surface area (Å²) < 4.78 is 2.31. The standard InChI is InChI=1S/C30H30N2O/c1-6-21(4)29(20(2)3)26-16-28-30(31-17-26)27(25-14-12-23(19-33)13-15-25)18-32(28)22(5)24-10-8-7-9-11-24/h7-19,22H,2,6H2,1,3-5H3/b29-21+. The Labute approximate surface area is 196 Å². The maximum Gasteiger partial charge on any atom is 0.150 e. The molecule has 0 saturated heterocycles. The zero-order valence-corrected chi connectivity index (χ0v) is 19.8. The number of pyridine rings is 1. The minimum absolute atomic E-state index is 0.137. The summed E-state index contributed by atoms with van der Waals surface area (Å²) >= 11 is 0. The third-order valence-electron chi connectivity index (χ3n) is 6.40. The molecule has 0 saturated carbocycles. The minimum atomic E-state index is 0.137. The number of rotatable bonds is 7. The van der Waals surface area contributed by atoms with Crippen molar-refractivity contribution >= 4 is 22.9 Å². The fraction of sp³-hybridized carbons (Fsp3) is 0.200. The number of benzene rings is 2. The lowest BCUT2D eigenvalue weighted by molar-refractivity contribution is 0.112. The second kappa shape index (κ2) is 9.41. The Morgan fingerprint density at radius 2 is 1.79 bits per heavy atom. The summed E-state index contributed by atoms with van der Waals surface area (Å²) in [5, 5.41) is 0. The molecule has 0 aliphatic carbocycles. The Balaban J connectivity index is 1.97. The van der Waals surface area contributed by atoms with Gasteiger partial charge in [-0.3, -0.25) is 9.78 Å². The highest BCUT2D eigenvalue weighted by Gasteiger charge is 2.18. The lowest BCUT2D eigenvalue weighted by Crippen LogP contribution is -2.05. The Kier molecular flexibility index (Phi) is 6.41. The van der Waals surface area contributed by atoms with Crippen LogP contribution < -0.4 is 0 Å². The van der Waals surface area contributed by atoms with Gasteiger partial charge in [-0.25, -0.2) is 0 Å². The van der Waals surface area contributed by atoms with Crippen molar-refractivity contribution in [2.24, 2.45) is 0 Å². The first kappa shape index (κ1) is 22.5. The van der Waals surface area contributed by atoms with E-state index in [4.69, 9.17) is 4.98 Å². The molecule has 0 aliphatic heterocycles. The van der Waals surface area contributed by atoms with Gasteiger partial charge in [-0.2, -0.15) is 0 Å². The van der Waals surface area contributed by atoms with E-state index < -0.39 is 0 Å². The Bertz CT molecular complexity index is 1340. The van der Waals surface area contributed by atoms with Gasteiger partial charge in [0.2, 0.25) is 0 Å². The van der Waals surface area contributed by atoms with Crippen LogP contribution in [0.5, 0.6) is 0 Å². The smallest absolute Gasteiger partial charge is 0.150 e. The lowest BCUT2D eigenvalue weighted by atomic mass is 9.95. The van der Waals surface area contributed by atoms with E-state index in [1.165, 1.54) is 16.7 Å².